The number of carbonyl (C=O) groups is 1. The molecule has 0 bridgehead atoms. The fourth-order valence-corrected chi connectivity index (χ4v) is 4.07. The monoisotopic (exact) mass is 500 g/mol. The fourth-order valence-electron chi connectivity index (χ4n) is 4.07. The minimum absolute atomic E-state index is 0.254. The van der Waals surface area contributed by atoms with Crippen molar-refractivity contribution in [3.05, 3.63) is 71.4 Å². The molecule has 0 spiro atoms. The number of hydrogen-bond donors (Lipinski definition) is 3. The molecule has 0 aliphatic rings. The number of nitrogens with one attached hydrogen (secondary N) is 1. The third-order valence-corrected chi connectivity index (χ3v) is 5.66. The molecule has 0 saturated carbocycles. The summed E-state index contributed by atoms with van der Waals surface area (Å²) in [5, 5.41) is 16.2. The first kappa shape index (κ1) is 24.8. The standard InChI is InChI=1S/C22H22N6O.C2HF3O2/c1-26-14-20(16-8-3-4-9-18(16)26)28-21(24-25-22(28)29)17-13-27(12-6-11-23)19-10-5-2-7-15(17)19;3-2(4,5)1(6)7/h2-5,7-10,13-14H,6,11-12,23H2,1H3,(H,25,29);(H,6,7). The number of aliphatic carboxylic acids is 1. The Morgan fingerprint density at radius 2 is 1.67 bits per heavy atom. The van der Waals surface area contributed by atoms with Gasteiger partial charge in [0.1, 0.15) is 0 Å². The lowest BCUT2D eigenvalue weighted by Crippen LogP contribution is -2.21. The Kier molecular flexibility index (Phi) is 6.71. The van der Waals surface area contributed by atoms with Gasteiger partial charge < -0.3 is 20.0 Å². The van der Waals surface area contributed by atoms with E-state index in [0.29, 0.717) is 12.4 Å². The van der Waals surface area contributed by atoms with E-state index in [1.807, 2.05) is 54.2 Å². The number of nitrogens with zero attached hydrogens (tertiary/aromatic N) is 4. The maximum absolute atomic E-state index is 12.8. The summed E-state index contributed by atoms with van der Waals surface area (Å²) in [5.74, 6) is -2.15. The summed E-state index contributed by atoms with van der Waals surface area (Å²) in [5.41, 5.74) is 9.37. The molecule has 0 radical (unpaired) electrons. The van der Waals surface area contributed by atoms with Gasteiger partial charge in [-0.2, -0.15) is 18.3 Å². The van der Waals surface area contributed by atoms with E-state index in [1.165, 1.54) is 0 Å². The average molecular weight is 500 g/mol. The zero-order chi connectivity index (χ0) is 26.0. The van der Waals surface area contributed by atoms with Gasteiger partial charge in [0.05, 0.1) is 5.69 Å². The number of fused-ring (bicyclic) bond motifs is 2. The number of benzene rings is 2. The number of aromatic nitrogens is 5. The Morgan fingerprint density at radius 1 is 1.06 bits per heavy atom. The van der Waals surface area contributed by atoms with Crippen LogP contribution in [-0.2, 0) is 18.4 Å². The van der Waals surface area contributed by atoms with E-state index in [2.05, 4.69) is 33.1 Å². The molecule has 2 aromatic carbocycles. The van der Waals surface area contributed by atoms with Gasteiger partial charge in [0.25, 0.3) is 0 Å². The van der Waals surface area contributed by atoms with E-state index < -0.39 is 12.1 Å². The van der Waals surface area contributed by atoms with Gasteiger partial charge in [-0.25, -0.2) is 19.3 Å². The smallest absolute Gasteiger partial charge is 0.475 e. The SMILES string of the molecule is Cn1cc(-n2c(-c3cn(CCCN)c4ccccc34)n[nH]c2=O)c2ccccc21.O=C(O)C(F)(F)F. The lowest BCUT2D eigenvalue weighted by Gasteiger charge is -2.04. The van der Waals surface area contributed by atoms with Crippen molar-refractivity contribution in [2.24, 2.45) is 12.8 Å². The lowest BCUT2D eigenvalue weighted by molar-refractivity contribution is -0.192. The van der Waals surface area contributed by atoms with Crippen molar-refractivity contribution < 1.29 is 23.1 Å². The second-order valence-electron chi connectivity index (χ2n) is 8.03. The molecule has 9 nitrogen and oxygen atoms in total. The molecule has 3 heterocycles. The molecular formula is C24H23F3N6O3. The third kappa shape index (κ3) is 4.62. The average Bonchev–Trinajstić information content (AvgIpc) is 3.51. The van der Waals surface area contributed by atoms with Gasteiger partial charge in [0, 0.05) is 53.4 Å². The molecular weight excluding hydrogens is 477 g/mol. The van der Waals surface area contributed by atoms with Crippen LogP contribution in [-0.4, -0.2) is 47.7 Å². The second kappa shape index (κ2) is 9.74. The Labute approximate surface area is 202 Å². The fraction of sp³-hybridized carbons (Fsp3) is 0.208. The minimum Gasteiger partial charge on any atom is -0.475 e. The van der Waals surface area contributed by atoms with Crippen LogP contribution in [0.3, 0.4) is 0 Å². The number of aryl methyl sites for hydroxylation is 2. The summed E-state index contributed by atoms with van der Waals surface area (Å²) in [6, 6.07) is 16.2. The quantitative estimate of drug-likeness (QED) is 0.340. The number of halogens is 3. The number of para-hydroxylation sites is 2. The van der Waals surface area contributed by atoms with Crippen molar-refractivity contribution in [1.29, 1.82) is 0 Å². The lowest BCUT2D eigenvalue weighted by atomic mass is 10.1. The topological polar surface area (TPSA) is 124 Å². The van der Waals surface area contributed by atoms with Crippen molar-refractivity contribution in [1.82, 2.24) is 23.9 Å². The molecule has 0 aliphatic carbocycles. The Bertz CT molecular complexity index is 1590. The Morgan fingerprint density at radius 3 is 2.31 bits per heavy atom. The van der Waals surface area contributed by atoms with Gasteiger partial charge >= 0.3 is 17.8 Å². The van der Waals surface area contributed by atoms with Gasteiger partial charge in [-0.3, -0.25) is 0 Å². The summed E-state index contributed by atoms with van der Waals surface area (Å²) in [6.45, 7) is 1.45. The number of nitrogens with two attached hydrogens (primary N) is 1. The first-order chi connectivity index (χ1) is 17.1. The van der Waals surface area contributed by atoms with Gasteiger partial charge in [-0.1, -0.05) is 36.4 Å². The molecule has 0 aliphatic heterocycles. The number of carboxylic acid groups (broad SMARTS) is 1. The Balaban J connectivity index is 0.000000384. The van der Waals surface area contributed by atoms with Gasteiger partial charge in [0.2, 0.25) is 0 Å². The molecule has 0 saturated heterocycles. The first-order valence-corrected chi connectivity index (χ1v) is 10.9. The van der Waals surface area contributed by atoms with Crippen molar-refractivity contribution >= 4 is 27.8 Å². The van der Waals surface area contributed by atoms with E-state index in [9.17, 15) is 18.0 Å². The molecule has 3 aromatic heterocycles. The van der Waals surface area contributed by atoms with E-state index in [4.69, 9.17) is 15.6 Å². The second-order valence-corrected chi connectivity index (χ2v) is 8.03. The summed E-state index contributed by atoms with van der Waals surface area (Å²) >= 11 is 0. The molecule has 5 aromatic rings. The highest BCUT2D eigenvalue weighted by Gasteiger charge is 2.38. The summed E-state index contributed by atoms with van der Waals surface area (Å²) in [4.78, 5) is 21.7. The maximum atomic E-state index is 12.8. The van der Waals surface area contributed by atoms with E-state index >= 15 is 0 Å². The van der Waals surface area contributed by atoms with Crippen molar-refractivity contribution in [3.63, 3.8) is 0 Å². The van der Waals surface area contributed by atoms with Crippen LogP contribution in [0, 0.1) is 0 Å². The van der Waals surface area contributed by atoms with Crippen LogP contribution < -0.4 is 11.4 Å². The van der Waals surface area contributed by atoms with Gasteiger partial charge in [0.15, 0.2) is 5.82 Å². The minimum atomic E-state index is -5.08. The Hall–Kier alpha value is -4.32. The summed E-state index contributed by atoms with van der Waals surface area (Å²) in [7, 11) is 1.98. The largest absolute Gasteiger partial charge is 0.490 e. The predicted octanol–water partition coefficient (Wildman–Crippen LogP) is 3.66. The van der Waals surface area contributed by atoms with E-state index in [1.54, 1.807) is 4.57 Å². The van der Waals surface area contributed by atoms with Crippen LogP contribution in [0.25, 0.3) is 38.9 Å². The molecule has 5 rings (SSSR count). The highest BCUT2D eigenvalue weighted by atomic mass is 19.4. The van der Waals surface area contributed by atoms with Crippen molar-refractivity contribution in [2.45, 2.75) is 19.1 Å². The van der Waals surface area contributed by atoms with Gasteiger partial charge in [-0.05, 0) is 25.1 Å². The van der Waals surface area contributed by atoms with Crippen LogP contribution in [0.4, 0.5) is 13.2 Å². The molecule has 0 atom stereocenters. The molecule has 0 unspecified atom stereocenters. The molecule has 36 heavy (non-hydrogen) atoms. The number of aromatic amines is 1. The number of alkyl halides is 3. The molecule has 188 valence electrons. The highest BCUT2D eigenvalue weighted by molar-refractivity contribution is 5.96. The van der Waals surface area contributed by atoms with E-state index in [0.717, 1.165) is 46.0 Å². The van der Waals surface area contributed by atoms with Crippen LogP contribution in [0.15, 0.2) is 65.7 Å². The van der Waals surface area contributed by atoms with Crippen molar-refractivity contribution in [2.75, 3.05) is 6.54 Å². The number of rotatable bonds is 5. The van der Waals surface area contributed by atoms with Crippen LogP contribution in [0.1, 0.15) is 6.42 Å². The predicted molar refractivity (Wildman–Crippen MR) is 129 cm³/mol. The number of H-pyrrole nitrogens is 1. The summed E-state index contributed by atoms with van der Waals surface area (Å²) in [6.07, 6.45) is -0.162. The molecule has 0 amide bonds. The highest BCUT2D eigenvalue weighted by Crippen LogP contribution is 2.32. The molecule has 4 N–H and O–H groups in total. The maximum Gasteiger partial charge on any atom is 0.490 e. The van der Waals surface area contributed by atoms with Crippen molar-refractivity contribution in [3.8, 4) is 17.1 Å². The third-order valence-electron chi connectivity index (χ3n) is 5.66. The van der Waals surface area contributed by atoms with E-state index in [-0.39, 0.29) is 5.69 Å². The van der Waals surface area contributed by atoms with Crippen LogP contribution in [0.2, 0.25) is 0 Å². The summed E-state index contributed by atoms with van der Waals surface area (Å²) < 4.78 is 37.6. The molecule has 12 heteroatoms. The van der Waals surface area contributed by atoms with Crippen LogP contribution in [0.5, 0.6) is 0 Å². The number of carboxylic acids is 1. The van der Waals surface area contributed by atoms with Crippen LogP contribution >= 0.6 is 0 Å². The number of hydrogen-bond acceptors (Lipinski definition) is 4. The molecule has 0 fully saturated rings. The normalized spacial score (nSPS) is 11.6. The zero-order valence-electron chi connectivity index (χ0n) is 19.2. The first-order valence-electron chi connectivity index (χ1n) is 10.9. The zero-order valence-corrected chi connectivity index (χ0v) is 19.2. The van der Waals surface area contributed by atoms with Gasteiger partial charge in [-0.15, -0.1) is 0 Å².